The molecule has 0 bridgehead atoms. The van der Waals surface area contributed by atoms with Gasteiger partial charge in [0, 0.05) is 18.5 Å². The van der Waals surface area contributed by atoms with E-state index in [1.54, 1.807) is 4.68 Å². The van der Waals surface area contributed by atoms with Gasteiger partial charge in [-0.15, -0.1) is 0 Å². The highest BCUT2D eigenvalue weighted by atomic mass is 32.2. The van der Waals surface area contributed by atoms with Crippen molar-refractivity contribution in [3.8, 4) is 5.88 Å². The maximum absolute atomic E-state index is 15.8. The zero-order valence-corrected chi connectivity index (χ0v) is 28.6. The van der Waals surface area contributed by atoms with Crippen molar-refractivity contribution in [1.29, 1.82) is 4.78 Å². The minimum atomic E-state index is -4.34. The number of urea groups is 1. The Morgan fingerprint density at radius 2 is 1.46 bits per heavy atom. The molecule has 3 aliphatic rings. The molecule has 2 aliphatic carbocycles. The number of hydrogen-bond acceptors (Lipinski definition) is 5. The van der Waals surface area contributed by atoms with E-state index in [9.17, 15) is 9.17 Å². The summed E-state index contributed by atoms with van der Waals surface area (Å²) in [6.07, 6.45) is 1.60. The maximum Gasteiger partial charge on any atom is 0.336 e. The molecule has 0 fully saturated rings. The Labute approximate surface area is 290 Å². The van der Waals surface area contributed by atoms with Crippen molar-refractivity contribution in [3.63, 3.8) is 0 Å². The molecule has 256 valence electrons. The van der Waals surface area contributed by atoms with E-state index in [0.717, 1.165) is 4.31 Å². The second-order valence-corrected chi connectivity index (χ2v) is 15.7. The summed E-state index contributed by atoms with van der Waals surface area (Å²) in [6.45, 7) is 4.09. The number of carbonyl (C=O) groups is 1. The van der Waals surface area contributed by atoms with Gasteiger partial charge in [-0.2, -0.15) is 5.10 Å². The van der Waals surface area contributed by atoms with Gasteiger partial charge in [-0.3, -0.25) is 0 Å². The van der Waals surface area contributed by atoms with E-state index in [0.29, 0.717) is 58.3 Å². The SMILES string of the molecule is CC1(C)COc2c(S(=N)(=O)N(C(=O)Nc3c4c(c(F)c5c3C[C@H](F)C5)CCC4)C(c3ccccc3)(c3ccccc3)c3ccccc3)cnn21. The number of aromatic nitrogens is 2. The van der Waals surface area contributed by atoms with E-state index in [4.69, 9.17) is 4.74 Å². The monoisotopic (exact) mass is 693 g/mol. The summed E-state index contributed by atoms with van der Waals surface area (Å²) >= 11 is 0. The summed E-state index contributed by atoms with van der Waals surface area (Å²) in [6, 6.07) is 26.8. The summed E-state index contributed by atoms with van der Waals surface area (Å²) in [4.78, 5) is 15.4. The number of fused-ring (bicyclic) bond motifs is 3. The number of ether oxygens (including phenoxy) is 1. The van der Waals surface area contributed by atoms with Crippen LogP contribution in [-0.4, -0.2) is 37.1 Å². The number of nitrogens with one attached hydrogen (secondary N) is 2. The van der Waals surface area contributed by atoms with Gasteiger partial charge < -0.3 is 10.1 Å². The van der Waals surface area contributed by atoms with Crippen LogP contribution in [0.4, 0.5) is 19.3 Å². The largest absolute Gasteiger partial charge is 0.474 e. The quantitative estimate of drug-likeness (QED) is 0.169. The van der Waals surface area contributed by atoms with Crippen LogP contribution in [0.15, 0.2) is 102 Å². The molecule has 50 heavy (non-hydrogen) atoms. The molecule has 0 radical (unpaired) electrons. The van der Waals surface area contributed by atoms with Gasteiger partial charge in [0.1, 0.15) is 29.0 Å². The summed E-state index contributed by atoms with van der Waals surface area (Å²) in [5.74, 6) is -0.242. The molecule has 0 saturated heterocycles. The predicted molar refractivity (Wildman–Crippen MR) is 187 cm³/mol. The number of alkyl halides is 1. The molecule has 8 nitrogen and oxygen atoms in total. The Morgan fingerprint density at radius 1 is 0.920 bits per heavy atom. The van der Waals surface area contributed by atoms with Crippen LogP contribution < -0.4 is 10.1 Å². The number of nitrogens with zero attached hydrogens (tertiary/aromatic N) is 3. The van der Waals surface area contributed by atoms with Crippen molar-refractivity contribution < 1.29 is 22.5 Å². The Balaban J connectivity index is 1.43. The smallest absolute Gasteiger partial charge is 0.336 e. The van der Waals surface area contributed by atoms with Crippen molar-refractivity contribution in [2.45, 2.75) is 68.1 Å². The van der Waals surface area contributed by atoms with E-state index >= 15 is 13.4 Å². The average molecular weight is 694 g/mol. The number of carbonyl (C=O) groups excluding carboxylic acids is 1. The zero-order chi connectivity index (χ0) is 34.8. The number of halogens is 2. The lowest BCUT2D eigenvalue weighted by Gasteiger charge is -2.45. The zero-order valence-electron chi connectivity index (χ0n) is 27.8. The molecule has 0 saturated carbocycles. The lowest BCUT2D eigenvalue weighted by molar-refractivity contribution is 0.217. The van der Waals surface area contributed by atoms with Gasteiger partial charge in [-0.25, -0.2) is 31.6 Å². The maximum atomic E-state index is 15.8. The normalized spacial score (nSPS) is 18.4. The Bertz CT molecular complexity index is 2130. The molecule has 11 heteroatoms. The van der Waals surface area contributed by atoms with Crippen molar-refractivity contribution in [1.82, 2.24) is 14.1 Å². The number of anilines is 1. The molecule has 4 aromatic carbocycles. The first-order valence-corrected chi connectivity index (χ1v) is 18.3. The molecular weight excluding hydrogens is 657 g/mol. The molecule has 5 aromatic rings. The van der Waals surface area contributed by atoms with Crippen LogP contribution in [0.3, 0.4) is 0 Å². The molecule has 2 atom stereocenters. The van der Waals surface area contributed by atoms with E-state index in [2.05, 4.69) is 10.4 Å². The van der Waals surface area contributed by atoms with Crippen LogP contribution in [-0.2, 0) is 46.7 Å². The van der Waals surface area contributed by atoms with Gasteiger partial charge in [-0.05, 0) is 72.1 Å². The fourth-order valence-electron chi connectivity index (χ4n) is 8.00. The third-order valence-corrected chi connectivity index (χ3v) is 12.1. The van der Waals surface area contributed by atoms with Crippen LogP contribution >= 0.6 is 0 Å². The van der Waals surface area contributed by atoms with Crippen molar-refractivity contribution in [2.24, 2.45) is 0 Å². The number of amides is 2. The molecule has 1 unspecified atom stereocenters. The Kier molecular flexibility index (Phi) is 7.59. The van der Waals surface area contributed by atoms with E-state index in [1.807, 2.05) is 105 Å². The van der Waals surface area contributed by atoms with Crippen LogP contribution in [0.25, 0.3) is 0 Å². The summed E-state index contributed by atoms with van der Waals surface area (Å²) in [7, 11) is -4.34. The van der Waals surface area contributed by atoms with Crippen LogP contribution in [0.1, 0.15) is 59.2 Å². The predicted octanol–water partition coefficient (Wildman–Crippen LogP) is 7.92. The lowest BCUT2D eigenvalue weighted by atomic mass is 9.77. The second-order valence-electron chi connectivity index (χ2n) is 13.8. The van der Waals surface area contributed by atoms with E-state index in [1.165, 1.54) is 6.20 Å². The second kappa shape index (κ2) is 11.8. The summed E-state index contributed by atoms with van der Waals surface area (Å²) in [5, 5.41) is 7.55. The molecule has 2 N–H and O–H groups in total. The third-order valence-electron chi connectivity index (χ3n) is 10.2. The van der Waals surface area contributed by atoms with Crippen molar-refractivity contribution in [2.75, 3.05) is 11.9 Å². The number of benzene rings is 4. The summed E-state index contributed by atoms with van der Waals surface area (Å²) in [5.41, 5.74) is 1.66. The molecule has 2 amide bonds. The molecule has 2 heterocycles. The highest BCUT2D eigenvalue weighted by Crippen LogP contribution is 2.49. The van der Waals surface area contributed by atoms with Gasteiger partial charge in [0.2, 0.25) is 5.88 Å². The van der Waals surface area contributed by atoms with E-state index in [-0.39, 0.29) is 35.8 Å². The highest BCUT2D eigenvalue weighted by Gasteiger charge is 2.52. The van der Waals surface area contributed by atoms with Crippen LogP contribution in [0, 0.1) is 10.6 Å². The van der Waals surface area contributed by atoms with Crippen molar-refractivity contribution in [3.05, 3.63) is 142 Å². The molecular formula is C39H37F2N5O3S. The fourth-order valence-corrected chi connectivity index (χ4v) is 9.75. The van der Waals surface area contributed by atoms with Gasteiger partial charge in [0.15, 0.2) is 9.92 Å². The highest BCUT2D eigenvalue weighted by molar-refractivity contribution is 7.90. The molecule has 1 aliphatic heterocycles. The topological polar surface area (TPSA) is 100 Å². The minimum Gasteiger partial charge on any atom is -0.474 e. The van der Waals surface area contributed by atoms with Gasteiger partial charge in [0.25, 0.3) is 0 Å². The van der Waals surface area contributed by atoms with Gasteiger partial charge >= 0.3 is 6.03 Å². The van der Waals surface area contributed by atoms with Crippen LogP contribution in [0.2, 0.25) is 0 Å². The fraction of sp³-hybridized carbons (Fsp3) is 0.282. The summed E-state index contributed by atoms with van der Waals surface area (Å²) < 4.78 is 65.2. The van der Waals surface area contributed by atoms with Crippen molar-refractivity contribution >= 4 is 21.6 Å². The lowest BCUT2D eigenvalue weighted by Crippen LogP contribution is -2.55. The standard InChI is InChI=1S/C39H37F2N5O3S/c1-38(2)24-49-36-33(23-43-45(36)38)50(42,48)46(37(47)44-35-30-20-12-19-29(30)34(41)31-21-28(40)22-32(31)35)39(25-13-6-3-7-14-25,26-15-8-4-9-16-26)27-17-10-5-11-18-27/h3-11,13-18,23,28,42H,12,19-22,24H2,1-2H3,(H,44,47)/t28-,50?/m1/s1. The third kappa shape index (κ3) is 4.77. The molecule has 8 rings (SSSR count). The minimum absolute atomic E-state index is 0.0492. The Hall–Kier alpha value is -5.03. The van der Waals surface area contributed by atoms with Gasteiger partial charge in [0.05, 0.1) is 11.7 Å². The number of rotatable bonds is 7. The van der Waals surface area contributed by atoms with E-state index < -0.39 is 39.0 Å². The number of hydrogen-bond donors (Lipinski definition) is 2. The first-order valence-electron chi connectivity index (χ1n) is 16.8. The molecule has 1 aromatic heterocycles. The first-order chi connectivity index (χ1) is 24.0. The first kappa shape index (κ1) is 32.2. The Morgan fingerprint density at radius 3 is 2.04 bits per heavy atom. The molecule has 0 spiro atoms. The van der Waals surface area contributed by atoms with Gasteiger partial charge in [-0.1, -0.05) is 91.0 Å². The van der Waals surface area contributed by atoms with Crippen LogP contribution in [0.5, 0.6) is 5.88 Å². The average Bonchev–Trinajstić information content (AvgIpc) is 3.92.